The number of hydrogen-bond donors (Lipinski definition) is 0. The predicted octanol–water partition coefficient (Wildman–Crippen LogP) is 2.08. The number of imide groups is 1. The zero-order valence-corrected chi connectivity index (χ0v) is 9.86. The summed E-state index contributed by atoms with van der Waals surface area (Å²) < 4.78 is 0. The van der Waals surface area contributed by atoms with Gasteiger partial charge in [-0.2, -0.15) is 0 Å². The van der Waals surface area contributed by atoms with Crippen molar-refractivity contribution in [2.45, 2.75) is 26.3 Å². The summed E-state index contributed by atoms with van der Waals surface area (Å²) in [6.07, 6.45) is 0.716. The Labute approximate surface area is 100 Å². The number of carbonyl (C=O) groups excluding carboxylic acids is 2. The summed E-state index contributed by atoms with van der Waals surface area (Å²) in [5, 5.41) is 0. The van der Waals surface area contributed by atoms with E-state index in [2.05, 4.69) is 11.8 Å². The van der Waals surface area contributed by atoms with E-state index in [9.17, 15) is 9.59 Å². The van der Waals surface area contributed by atoms with Crippen LogP contribution in [-0.2, 0) is 0 Å². The van der Waals surface area contributed by atoms with Crippen LogP contribution in [-0.4, -0.2) is 22.8 Å². The average Bonchev–Trinajstić information content (AvgIpc) is 2.60. The lowest BCUT2D eigenvalue weighted by Crippen LogP contribution is -2.37. The van der Waals surface area contributed by atoms with Crippen LogP contribution < -0.4 is 0 Å². The third-order valence-corrected chi connectivity index (χ3v) is 2.70. The van der Waals surface area contributed by atoms with Gasteiger partial charge in [-0.1, -0.05) is 25.0 Å². The Morgan fingerprint density at radius 2 is 1.71 bits per heavy atom. The monoisotopic (exact) mass is 227 g/mol. The first-order valence-electron chi connectivity index (χ1n) is 5.62. The van der Waals surface area contributed by atoms with Crippen molar-refractivity contribution in [2.24, 2.45) is 0 Å². The molecule has 86 valence electrons. The van der Waals surface area contributed by atoms with E-state index in [-0.39, 0.29) is 17.9 Å². The minimum Gasteiger partial charge on any atom is -0.269 e. The first-order chi connectivity index (χ1) is 8.16. The van der Waals surface area contributed by atoms with E-state index in [4.69, 9.17) is 0 Å². The second-order valence-corrected chi connectivity index (χ2v) is 3.88. The summed E-state index contributed by atoms with van der Waals surface area (Å²) in [6.45, 7) is 3.70. The highest BCUT2D eigenvalue weighted by molar-refractivity contribution is 6.21. The lowest BCUT2D eigenvalue weighted by molar-refractivity contribution is 0.0630. The maximum absolute atomic E-state index is 12.0. The molecule has 0 spiro atoms. The van der Waals surface area contributed by atoms with Gasteiger partial charge in [-0.25, -0.2) is 0 Å². The number of amides is 2. The maximum atomic E-state index is 12.0. The lowest BCUT2D eigenvalue weighted by Gasteiger charge is -2.17. The van der Waals surface area contributed by atoms with Gasteiger partial charge in [0.1, 0.15) is 0 Å². The van der Waals surface area contributed by atoms with E-state index in [1.54, 1.807) is 31.2 Å². The molecule has 0 aromatic heterocycles. The standard InChI is InChI=1S/C14H13NO2/c1-3-4-7-10(2)15-13(16)11-8-5-6-9-12(11)14(15)17/h5-6,8-10H,3H2,1-2H3/t10-/m1/s1. The molecular formula is C14H13NO2. The summed E-state index contributed by atoms with van der Waals surface area (Å²) in [6, 6.07) is 6.50. The van der Waals surface area contributed by atoms with Crippen LogP contribution in [0.4, 0.5) is 0 Å². The Hall–Kier alpha value is -2.08. The van der Waals surface area contributed by atoms with Gasteiger partial charge in [0.2, 0.25) is 0 Å². The van der Waals surface area contributed by atoms with Gasteiger partial charge in [0.25, 0.3) is 11.8 Å². The van der Waals surface area contributed by atoms with Crippen molar-refractivity contribution >= 4 is 11.8 Å². The topological polar surface area (TPSA) is 37.4 Å². The average molecular weight is 227 g/mol. The van der Waals surface area contributed by atoms with Crippen LogP contribution in [0.3, 0.4) is 0 Å². The molecule has 0 unspecified atom stereocenters. The minimum atomic E-state index is -0.373. The van der Waals surface area contributed by atoms with Crippen molar-refractivity contribution in [3.8, 4) is 11.8 Å². The predicted molar refractivity (Wildman–Crippen MR) is 64.5 cm³/mol. The Morgan fingerprint density at radius 3 is 2.18 bits per heavy atom. The van der Waals surface area contributed by atoms with Crippen LogP contribution >= 0.6 is 0 Å². The molecular weight excluding hydrogens is 214 g/mol. The second kappa shape index (κ2) is 4.42. The second-order valence-electron chi connectivity index (χ2n) is 3.88. The SMILES string of the molecule is CCC#C[C@@H](C)N1C(=O)c2ccccc2C1=O. The van der Waals surface area contributed by atoms with E-state index in [1.165, 1.54) is 4.90 Å². The fraction of sp³-hybridized carbons (Fsp3) is 0.286. The van der Waals surface area contributed by atoms with E-state index >= 15 is 0 Å². The number of hydrogen-bond acceptors (Lipinski definition) is 2. The smallest absolute Gasteiger partial charge is 0.262 e. The number of benzene rings is 1. The van der Waals surface area contributed by atoms with Crippen LogP contribution in [0, 0.1) is 11.8 Å². The van der Waals surface area contributed by atoms with Crippen LogP contribution in [0.15, 0.2) is 24.3 Å². The molecule has 3 nitrogen and oxygen atoms in total. The van der Waals surface area contributed by atoms with Crippen molar-refractivity contribution in [1.82, 2.24) is 4.90 Å². The van der Waals surface area contributed by atoms with Gasteiger partial charge >= 0.3 is 0 Å². The van der Waals surface area contributed by atoms with E-state index in [1.807, 2.05) is 6.92 Å². The summed E-state index contributed by atoms with van der Waals surface area (Å²) >= 11 is 0. The first-order valence-corrected chi connectivity index (χ1v) is 5.62. The normalized spacial score (nSPS) is 15.3. The Bertz CT molecular complexity index is 502. The Balaban J connectivity index is 2.36. The van der Waals surface area contributed by atoms with Crippen molar-refractivity contribution < 1.29 is 9.59 Å². The van der Waals surface area contributed by atoms with Gasteiger partial charge in [-0.05, 0) is 19.1 Å². The van der Waals surface area contributed by atoms with Crippen molar-refractivity contribution in [1.29, 1.82) is 0 Å². The molecule has 3 heteroatoms. The summed E-state index contributed by atoms with van der Waals surface area (Å²) in [5.74, 6) is 5.31. The highest BCUT2D eigenvalue weighted by Gasteiger charge is 2.37. The van der Waals surface area contributed by atoms with Crippen molar-refractivity contribution in [3.05, 3.63) is 35.4 Å². The zero-order valence-electron chi connectivity index (χ0n) is 9.86. The summed E-state index contributed by atoms with van der Waals surface area (Å²) in [5.41, 5.74) is 0.949. The fourth-order valence-electron chi connectivity index (χ4n) is 1.87. The molecule has 2 amide bonds. The summed E-state index contributed by atoms with van der Waals surface area (Å²) in [4.78, 5) is 25.3. The number of fused-ring (bicyclic) bond motifs is 1. The molecule has 2 rings (SSSR count). The third kappa shape index (κ3) is 1.83. The van der Waals surface area contributed by atoms with Crippen LogP contribution in [0.5, 0.6) is 0 Å². The lowest BCUT2D eigenvalue weighted by atomic mass is 10.1. The molecule has 0 fully saturated rings. The quantitative estimate of drug-likeness (QED) is 0.544. The van der Waals surface area contributed by atoms with Crippen molar-refractivity contribution in [2.75, 3.05) is 0 Å². The molecule has 0 radical (unpaired) electrons. The van der Waals surface area contributed by atoms with Crippen molar-refractivity contribution in [3.63, 3.8) is 0 Å². The molecule has 17 heavy (non-hydrogen) atoms. The molecule has 1 aromatic carbocycles. The molecule has 0 saturated heterocycles. The molecule has 1 aliphatic heterocycles. The molecule has 1 heterocycles. The number of nitrogens with zero attached hydrogens (tertiary/aromatic N) is 1. The van der Waals surface area contributed by atoms with Gasteiger partial charge in [0.15, 0.2) is 0 Å². The Kier molecular flexibility index (Phi) is 2.97. The van der Waals surface area contributed by atoms with Crippen LogP contribution in [0.2, 0.25) is 0 Å². The van der Waals surface area contributed by atoms with E-state index in [0.717, 1.165) is 0 Å². The molecule has 0 bridgehead atoms. The van der Waals surface area contributed by atoms with Gasteiger partial charge in [-0.15, -0.1) is 5.92 Å². The molecule has 1 atom stereocenters. The number of carbonyl (C=O) groups is 2. The van der Waals surface area contributed by atoms with Gasteiger partial charge < -0.3 is 0 Å². The van der Waals surface area contributed by atoms with E-state index < -0.39 is 0 Å². The molecule has 0 N–H and O–H groups in total. The first kappa shape index (κ1) is 11.4. The number of rotatable bonds is 1. The highest BCUT2D eigenvalue weighted by atomic mass is 16.2. The van der Waals surface area contributed by atoms with Gasteiger partial charge in [-0.3, -0.25) is 14.5 Å². The molecule has 1 aromatic rings. The maximum Gasteiger partial charge on any atom is 0.262 e. The van der Waals surface area contributed by atoms with Crippen LogP contribution in [0.25, 0.3) is 0 Å². The molecule has 0 aliphatic carbocycles. The van der Waals surface area contributed by atoms with Crippen LogP contribution in [0.1, 0.15) is 41.0 Å². The van der Waals surface area contributed by atoms with Gasteiger partial charge in [0.05, 0.1) is 17.2 Å². The van der Waals surface area contributed by atoms with E-state index in [0.29, 0.717) is 17.5 Å². The highest BCUT2D eigenvalue weighted by Crippen LogP contribution is 2.23. The molecule has 0 saturated carbocycles. The largest absolute Gasteiger partial charge is 0.269 e. The van der Waals surface area contributed by atoms with Gasteiger partial charge in [0, 0.05) is 6.42 Å². The Morgan fingerprint density at radius 1 is 1.18 bits per heavy atom. The summed E-state index contributed by atoms with van der Waals surface area (Å²) in [7, 11) is 0. The minimum absolute atomic E-state index is 0.247. The zero-order chi connectivity index (χ0) is 12.4. The fourth-order valence-corrected chi connectivity index (χ4v) is 1.87. The third-order valence-electron chi connectivity index (χ3n) is 2.70. The molecule has 1 aliphatic rings.